The van der Waals surface area contributed by atoms with E-state index in [1.54, 1.807) is 6.92 Å². The second-order valence-electron chi connectivity index (χ2n) is 7.97. The average molecular weight is 494 g/mol. The van der Waals surface area contributed by atoms with Crippen LogP contribution in [0.15, 0.2) is 18.2 Å². The normalized spacial score (nSPS) is 24.1. The summed E-state index contributed by atoms with van der Waals surface area (Å²) < 4.78 is 86.0. The Bertz CT molecular complexity index is 993. The molecular weight excluding hydrogens is 474 g/mol. The zero-order valence-corrected chi connectivity index (χ0v) is 17.7. The molecule has 8 nitrogen and oxygen atoms in total. The Morgan fingerprint density at radius 1 is 1.15 bits per heavy atom. The molecule has 2 aliphatic rings. The standard InChI is InChI=1S/C20H20F6N4O4/c1-11-9-28(5-2-6-29(11)18(32)33)16(31)15-10-30(17(34-15)20(24,25)26)13-4-3-12(8-27)14(7-13)19(21,22)23/h3-4,7,11,15,17H,2,5-6,9-10H2,1H3,(H,32,33)/t11?,15-,17+/m0/s1. The number of carbonyl (C=O) groups excluding carboxylic acids is 1. The Labute approximate surface area is 189 Å². The van der Waals surface area contributed by atoms with E-state index in [-0.39, 0.29) is 26.1 Å². The fourth-order valence-electron chi connectivity index (χ4n) is 4.07. The smallest absolute Gasteiger partial charge is 0.433 e. The topological polar surface area (TPSA) is 97.1 Å². The van der Waals surface area contributed by atoms with Crippen LogP contribution in [0.4, 0.5) is 36.8 Å². The second-order valence-corrected chi connectivity index (χ2v) is 7.97. The fraction of sp³-hybridized carbons (Fsp3) is 0.550. The fourth-order valence-corrected chi connectivity index (χ4v) is 4.07. The summed E-state index contributed by atoms with van der Waals surface area (Å²) in [5.41, 5.74) is -2.67. The third-order valence-corrected chi connectivity index (χ3v) is 5.66. The minimum atomic E-state index is -5.03. The van der Waals surface area contributed by atoms with Crippen molar-refractivity contribution < 1.29 is 45.8 Å². The van der Waals surface area contributed by atoms with Crippen LogP contribution in [0.2, 0.25) is 0 Å². The molecule has 2 amide bonds. The number of hydrogen-bond donors (Lipinski definition) is 1. The van der Waals surface area contributed by atoms with Gasteiger partial charge in [-0.2, -0.15) is 31.6 Å². The molecule has 2 saturated heterocycles. The number of benzene rings is 1. The number of hydrogen-bond acceptors (Lipinski definition) is 5. The summed E-state index contributed by atoms with van der Waals surface area (Å²) in [6.07, 6.45) is -15.3. The van der Waals surface area contributed by atoms with Crippen molar-refractivity contribution in [1.29, 1.82) is 5.26 Å². The quantitative estimate of drug-likeness (QED) is 0.634. The summed E-state index contributed by atoms with van der Waals surface area (Å²) in [6, 6.07) is 2.85. The number of alkyl halides is 6. The monoisotopic (exact) mass is 494 g/mol. The number of ether oxygens (including phenoxy) is 1. The minimum Gasteiger partial charge on any atom is -0.465 e. The lowest BCUT2D eigenvalue weighted by Crippen LogP contribution is -2.46. The Morgan fingerprint density at radius 3 is 2.38 bits per heavy atom. The first-order valence-corrected chi connectivity index (χ1v) is 10.1. The van der Waals surface area contributed by atoms with E-state index < -0.39 is 66.1 Å². The van der Waals surface area contributed by atoms with Crippen molar-refractivity contribution in [1.82, 2.24) is 9.80 Å². The summed E-state index contributed by atoms with van der Waals surface area (Å²) in [4.78, 5) is 27.1. The van der Waals surface area contributed by atoms with E-state index in [1.807, 2.05) is 0 Å². The van der Waals surface area contributed by atoms with Crippen LogP contribution in [0, 0.1) is 11.3 Å². The first-order chi connectivity index (χ1) is 15.7. The van der Waals surface area contributed by atoms with Crippen molar-refractivity contribution in [3.8, 4) is 6.07 Å². The van der Waals surface area contributed by atoms with Crippen LogP contribution in [0.1, 0.15) is 24.5 Å². The molecule has 0 aliphatic carbocycles. The van der Waals surface area contributed by atoms with Crippen molar-refractivity contribution in [3.63, 3.8) is 0 Å². The van der Waals surface area contributed by atoms with E-state index in [9.17, 15) is 41.0 Å². The molecular formula is C20H20F6N4O4. The van der Waals surface area contributed by atoms with Crippen LogP contribution in [0.5, 0.6) is 0 Å². The van der Waals surface area contributed by atoms with Crippen molar-refractivity contribution in [3.05, 3.63) is 29.3 Å². The van der Waals surface area contributed by atoms with Crippen molar-refractivity contribution >= 4 is 17.7 Å². The lowest BCUT2D eigenvalue weighted by molar-refractivity contribution is -0.214. The van der Waals surface area contributed by atoms with Gasteiger partial charge in [0.15, 0.2) is 6.10 Å². The minimum absolute atomic E-state index is 0.0727. The van der Waals surface area contributed by atoms with Gasteiger partial charge in [0, 0.05) is 31.4 Å². The number of carboxylic acid groups (broad SMARTS) is 1. The lowest BCUT2D eigenvalue weighted by atomic mass is 10.1. The number of nitriles is 1. The Kier molecular flexibility index (Phi) is 6.88. The summed E-state index contributed by atoms with van der Waals surface area (Å²) in [7, 11) is 0. The molecule has 186 valence electrons. The average Bonchev–Trinajstić information content (AvgIpc) is 3.10. The molecule has 14 heteroatoms. The van der Waals surface area contributed by atoms with Gasteiger partial charge in [0.25, 0.3) is 5.91 Å². The zero-order chi connectivity index (χ0) is 25.4. The lowest BCUT2D eigenvalue weighted by Gasteiger charge is -2.28. The van der Waals surface area contributed by atoms with E-state index in [2.05, 4.69) is 0 Å². The zero-order valence-electron chi connectivity index (χ0n) is 17.7. The SMILES string of the molecule is CC1CN(C(=O)[C@@H]2CN(c3ccc(C#N)c(C(F)(F)F)c3)[C@@H](C(F)(F)F)O2)CCCN1C(=O)O. The van der Waals surface area contributed by atoms with E-state index in [0.717, 1.165) is 17.0 Å². The number of rotatable bonds is 2. The summed E-state index contributed by atoms with van der Waals surface area (Å²) >= 11 is 0. The molecule has 0 aromatic heterocycles. The molecule has 0 spiro atoms. The first kappa shape index (κ1) is 25.4. The van der Waals surface area contributed by atoms with E-state index in [4.69, 9.17) is 10.00 Å². The van der Waals surface area contributed by atoms with Gasteiger partial charge in [-0.15, -0.1) is 0 Å². The maximum absolute atomic E-state index is 13.7. The summed E-state index contributed by atoms with van der Waals surface area (Å²) in [5.74, 6) is -0.819. The maximum atomic E-state index is 13.7. The van der Waals surface area contributed by atoms with E-state index in [0.29, 0.717) is 11.0 Å². The van der Waals surface area contributed by atoms with Gasteiger partial charge >= 0.3 is 18.4 Å². The molecule has 1 aromatic carbocycles. The van der Waals surface area contributed by atoms with Gasteiger partial charge in [0.1, 0.15) is 0 Å². The van der Waals surface area contributed by atoms with Gasteiger partial charge in [-0.05, 0) is 31.5 Å². The van der Waals surface area contributed by atoms with Crippen molar-refractivity contribution in [2.24, 2.45) is 0 Å². The molecule has 1 N–H and O–H groups in total. The molecule has 2 aliphatic heterocycles. The highest BCUT2D eigenvalue weighted by atomic mass is 19.4. The Hall–Kier alpha value is -3.21. The third kappa shape index (κ3) is 5.14. The number of carbonyl (C=O) groups is 2. The van der Waals surface area contributed by atoms with Crippen molar-refractivity contribution in [2.75, 3.05) is 31.1 Å². The van der Waals surface area contributed by atoms with Gasteiger partial charge in [-0.1, -0.05) is 0 Å². The van der Waals surface area contributed by atoms with Gasteiger partial charge in [0.2, 0.25) is 6.23 Å². The van der Waals surface area contributed by atoms with Crippen LogP contribution in [0.25, 0.3) is 0 Å². The Balaban J connectivity index is 1.88. The molecule has 1 aromatic rings. The van der Waals surface area contributed by atoms with Crippen LogP contribution in [-0.2, 0) is 15.7 Å². The maximum Gasteiger partial charge on any atom is 0.433 e. The molecule has 3 rings (SSSR count). The van der Waals surface area contributed by atoms with Gasteiger partial charge in [-0.3, -0.25) is 4.79 Å². The summed E-state index contributed by atoms with van der Waals surface area (Å²) in [5, 5.41) is 18.2. The molecule has 2 heterocycles. The molecule has 34 heavy (non-hydrogen) atoms. The van der Waals surface area contributed by atoms with E-state index in [1.165, 1.54) is 11.0 Å². The second kappa shape index (κ2) is 9.21. The van der Waals surface area contributed by atoms with Crippen LogP contribution in [-0.4, -0.2) is 77.6 Å². The number of nitrogens with zero attached hydrogens (tertiary/aromatic N) is 4. The highest BCUT2D eigenvalue weighted by molar-refractivity contribution is 5.82. The van der Waals surface area contributed by atoms with Crippen LogP contribution < -0.4 is 4.90 Å². The summed E-state index contributed by atoms with van der Waals surface area (Å²) in [6.45, 7) is 1.01. The molecule has 0 radical (unpaired) electrons. The Morgan fingerprint density at radius 2 is 1.82 bits per heavy atom. The highest BCUT2D eigenvalue weighted by Gasteiger charge is 2.53. The number of amides is 2. The number of anilines is 1. The van der Waals surface area contributed by atoms with Gasteiger partial charge in [-0.25, -0.2) is 4.79 Å². The largest absolute Gasteiger partial charge is 0.465 e. The predicted octanol–water partition coefficient (Wildman–Crippen LogP) is 3.27. The van der Waals surface area contributed by atoms with Crippen LogP contribution in [0.3, 0.4) is 0 Å². The third-order valence-electron chi connectivity index (χ3n) is 5.66. The highest BCUT2D eigenvalue weighted by Crippen LogP contribution is 2.39. The first-order valence-electron chi connectivity index (χ1n) is 10.1. The van der Waals surface area contributed by atoms with Gasteiger partial charge in [0.05, 0.1) is 23.7 Å². The van der Waals surface area contributed by atoms with Gasteiger partial charge < -0.3 is 24.5 Å². The molecule has 0 bridgehead atoms. The van der Waals surface area contributed by atoms with Crippen LogP contribution >= 0.6 is 0 Å². The predicted molar refractivity (Wildman–Crippen MR) is 104 cm³/mol. The molecule has 1 unspecified atom stereocenters. The molecule has 3 atom stereocenters. The van der Waals surface area contributed by atoms with E-state index >= 15 is 0 Å². The number of halogens is 6. The molecule has 2 fully saturated rings. The van der Waals surface area contributed by atoms with Crippen molar-refractivity contribution in [2.45, 2.75) is 44.1 Å². The molecule has 0 saturated carbocycles.